The highest BCUT2D eigenvalue weighted by molar-refractivity contribution is 7.80. The number of aryl methyl sites for hydroxylation is 1. The maximum absolute atomic E-state index is 14.0. The summed E-state index contributed by atoms with van der Waals surface area (Å²) in [6.45, 7) is 1.79. The fourth-order valence-electron chi connectivity index (χ4n) is 4.96. The van der Waals surface area contributed by atoms with E-state index in [9.17, 15) is 4.39 Å². The van der Waals surface area contributed by atoms with Crippen molar-refractivity contribution in [2.45, 2.75) is 57.2 Å². The van der Waals surface area contributed by atoms with Gasteiger partial charge in [-0.2, -0.15) is 0 Å². The number of nitrogens with one attached hydrogen (secondary N) is 1. The molecule has 2 aliphatic rings. The minimum atomic E-state index is -0.205. The predicted octanol–water partition coefficient (Wildman–Crippen LogP) is 6.01. The fourth-order valence-corrected chi connectivity index (χ4v) is 5.31. The van der Waals surface area contributed by atoms with Gasteiger partial charge in [0.2, 0.25) is 0 Å². The van der Waals surface area contributed by atoms with Gasteiger partial charge < -0.3 is 14.8 Å². The van der Waals surface area contributed by atoms with Crippen LogP contribution < -0.4 is 10.2 Å². The molecule has 0 spiro atoms. The van der Waals surface area contributed by atoms with Crippen molar-refractivity contribution >= 4 is 23.0 Å². The summed E-state index contributed by atoms with van der Waals surface area (Å²) >= 11 is 5.77. The van der Waals surface area contributed by atoms with Gasteiger partial charge in [0.15, 0.2) is 5.11 Å². The monoisotopic (exact) mass is 434 g/mol. The number of hydrogen-bond acceptors (Lipinski definition) is 2. The largest absolute Gasteiger partial charge is 0.351 e. The van der Waals surface area contributed by atoms with Crippen molar-refractivity contribution in [1.82, 2.24) is 14.9 Å². The third-order valence-electron chi connectivity index (χ3n) is 6.59. The van der Waals surface area contributed by atoms with Crippen molar-refractivity contribution in [2.24, 2.45) is 0 Å². The lowest BCUT2D eigenvalue weighted by Gasteiger charge is -2.28. The van der Waals surface area contributed by atoms with Crippen molar-refractivity contribution < 1.29 is 4.39 Å². The summed E-state index contributed by atoms with van der Waals surface area (Å²) in [5.41, 5.74) is 3.64. The molecule has 0 bridgehead atoms. The van der Waals surface area contributed by atoms with E-state index < -0.39 is 0 Å². The molecule has 0 amide bonds. The molecule has 2 aromatic heterocycles. The molecule has 0 unspecified atom stereocenters. The van der Waals surface area contributed by atoms with Crippen LogP contribution in [0.15, 0.2) is 61.1 Å². The second-order valence-electron chi connectivity index (χ2n) is 8.61. The predicted molar refractivity (Wildman–Crippen MR) is 126 cm³/mol. The maximum Gasteiger partial charge on any atom is 0.174 e. The first kappa shape index (κ1) is 20.2. The summed E-state index contributed by atoms with van der Waals surface area (Å²) < 4.78 is 16.3. The van der Waals surface area contributed by atoms with Gasteiger partial charge >= 0.3 is 0 Å². The van der Waals surface area contributed by atoms with Crippen LogP contribution in [0.1, 0.15) is 67.1 Å². The Balaban J connectivity index is 1.56. The quantitative estimate of drug-likeness (QED) is 0.510. The SMILES string of the molecule is Cc1cc(N2C(=S)N[C@@H](c3ccccn3)[C@H]2c2ccn(C3CCCCC3)c2)ccc1F. The van der Waals surface area contributed by atoms with Gasteiger partial charge in [-0.15, -0.1) is 0 Å². The molecule has 1 saturated carbocycles. The Bertz CT molecular complexity index is 1070. The Hall–Kier alpha value is -2.73. The van der Waals surface area contributed by atoms with E-state index in [2.05, 4.69) is 38.2 Å². The van der Waals surface area contributed by atoms with Crippen LogP contribution in [-0.2, 0) is 0 Å². The lowest BCUT2D eigenvalue weighted by molar-refractivity contribution is 0.353. The van der Waals surface area contributed by atoms with E-state index in [1.54, 1.807) is 6.92 Å². The first-order valence-corrected chi connectivity index (χ1v) is 11.5. The van der Waals surface area contributed by atoms with Crippen LogP contribution in [0.3, 0.4) is 0 Å². The molecule has 5 rings (SSSR count). The molecule has 2 atom stereocenters. The highest BCUT2D eigenvalue weighted by Crippen LogP contribution is 2.42. The Morgan fingerprint density at radius 1 is 1.10 bits per heavy atom. The number of aromatic nitrogens is 2. The molecular weight excluding hydrogens is 407 g/mol. The van der Waals surface area contributed by atoms with Crippen molar-refractivity contribution in [3.05, 3.63) is 83.7 Å². The Morgan fingerprint density at radius 2 is 1.94 bits per heavy atom. The molecule has 1 aliphatic carbocycles. The van der Waals surface area contributed by atoms with Crippen LogP contribution in [0.5, 0.6) is 0 Å². The number of benzene rings is 1. The Labute approximate surface area is 188 Å². The highest BCUT2D eigenvalue weighted by Gasteiger charge is 2.41. The van der Waals surface area contributed by atoms with Crippen LogP contribution in [0.2, 0.25) is 0 Å². The van der Waals surface area contributed by atoms with Crippen LogP contribution in [0, 0.1) is 12.7 Å². The van der Waals surface area contributed by atoms with Gasteiger partial charge in [0.1, 0.15) is 5.82 Å². The molecule has 1 aliphatic heterocycles. The average Bonchev–Trinajstić information content (AvgIpc) is 3.41. The van der Waals surface area contributed by atoms with E-state index in [0.29, 0.717) is 16.7 Å². The number of nitrogens with zero attached hydrogens (tertiary/aromatic N) is 3. The lowest BCUT2D eigenvalue weighted by atomic mass is 9.95. The van der Waals surface area contributed by atoms with E-state index in [1.807, 2.05) is 36.5 Å². The zero-order valence-corrected chi connectivity index (χ0v) is 18.5. The molecule has 3 heterocycles. The van der Waals surface area contributed by atoms with Gasteiger partial charge in [-0.3, -0.25) is 4.98 Å². The second kappa shape index (κ2) is 8.42. The topological polar surface area (TPSA) is 33.1 Å². The van der Waals surface area contributed by atoms with Crippen LogP contribution in [0.4, 0.5) is 10.1 Å². The molecule has 4 nitrogen and oxygen atoms in total. The number of thiocarbonyl (C=S) groups is 1. The second-order valence-corrected chi connectivity index (χ2v) is 9.00. The van der Waals surface area contributed by atoms with Gasteiger partial charge in [0.25, 0.3) is 0 Å². The summed E-state index contributed by atoms with van der Waals surface area (Å²) in [5, 5.41) is 4.12. The van der Waals surface area contributed by atoms with E-state index in [-0.39, 0.29) is 17.9 Å². The number of hydrogen-bond donors (Lipinski definition) is 1. The van der Waals surface area contributed by atoms with Gasteiger partial charge in [0, 0.05) is 30.3 Å². The van der Waals surface area contributed by atoms with E-state index >= 15 is 0 Å². The molecule has 31 heavy (non-hydrogen) atoms. The summed E-state index contributed by atoms with van der Waals surface area (Å²) in [4.78, 5) is 6.72. The molecule has 2 fully saturated rings. The maximum atomic E-state index is 14.0. The summed E-state index contributed by atoms with van der Waals surface area (Å²) in [6.07, 6.45) is 12.7. The van der Waals surface area contributed by atoms with E-state index in [1.165, 1.54) is 43.7 Å². The van der Waals surface area contributed by atoms with E-state index in [0.717, 1.165) is 11.4 Å². The zero-order valence-electron chi connectivity index (χ0n) is 17.7. The van der Waals surface area contributed by atoms with Gasteiger partial charge in [-0.1, -0.05) is 25.3 Å². The average molecular weight is 435 g/mol. The standard InChI is InChI=1S/C25H27FN4S/c1-17-15-20(10-11-21(17)26)30-24(23(28-25(30)31)22-9-5-6-13-27-22)18-12-14-29(16-18)19-7-3-2-4-8-19/h5-6,9-16,19,23-24H,2-4,7-8H2,1H3,(H,28,31)/t23-,24+/m0/s1. The molecule has 6 heteroatoms. The number of anilines is 1. The first-order valence-electron chi connectivity index (χ1n) is 11.1. The summed E-state index contributed by atoms with van der Waals surface area (Å²) in [6, 6.07) is 13.8. The van der Waals surface area contributed by atoms with Crippen LogP contribution in [-0.4, -0.2) is 14.7 Å². The molecular formula is C25H27FN4S. The smallest absolute Gasteiger partial charge is 0.174 e. The van der Waals surface area contributed by atoms with E-state index in [4.69, 9.17) is 12.2 Å². The van der Waals surface area contributed by atoms with Crippen molar-refractivity contribution in [1.29, 1.82) is 0 Å². The third-order valence-corrected chi connectivity index (χ3v) is 6.91. The minimum Gasteiger partial charge on any atom is -0.351 e. The van der Waals surface area contributed by atoms with Crippen molar-refractivity contribution in [3.8, 4) is 0 Å². The molecule has 1 aromatic carbocycles. The summed E-state index contributed by atoms with van der Waals surface area (Å²) in [7, 11) is 0. The third kappa shape index (κ3) is 3.85. The number of rotatable bonds is 4. The van der Waals surface area contributed by atoms with Gasteiger partial charge in [0.05, 0.1) is 17.8 Å². The van der Waals surface area contributed by atoms with Gasteiger partial charge in [-0.05, 0) is 79.5 Å². The molecule has 160 valence electrons. The zero-order chi connectivity index (χ0) is 21.4. The van der Waals surface area contributed by atoms with Gasteiger partial charge in [-0.25, -0.2) is 4.39 Å². The van der Waals surface area contributed by atoms with Crippen molar-refractivity contribution in [3.63, 3.8) is 0 Å². The number of halogens is 1. The Kier molecular flexibility index (Phi) is 5.48. The Morgan fingerprint density at radius 3 is 2.68 bits per heavy atom. The number of pyridine rings is 1. The molecule has 1 N–H and O–H groups in total. The molecule has 0 radical (unpaired) electrons. The van der Waals surface area contributed by atoms with Crippen LogP contribution >= 0.6 is 12.2 Å². The van der Waals surface area contributed by atoms with Crippen LogP contribution in [0.25, 0.3) is 0 Å². The first-order chi connectivity index (χ1) is 15.1. The summed E-state index contributed by atoms with van der Waals surface area (Å²) in [5.74, 6) is -0.205. The lowest BCUT2D eigenvalue weighted by Crippen LogP contribution is -2.29. The fraction of sp³-hybridized carbons (Fsp3) is 0.360. The minimum absolute atomic E-state index is 0.0582. The molecule has 1 saturated heterocycles. The normalized spacial score (nSPS) is 22.0. The molecule has 3 aromatic rings. The van der Waals surface area contributed by atoms with Crippen molar-refractivity contribution in [2.75, 3.05) is 4.90 Å². The highest BCUT2D eigenvalue weighted by atomic mass is 32.1.